The zero-order valence-corrected chi connectivity index (χ0v) is 9.26. The maximum Gasteiger partial charge on any atom is 0.0816 e. The van der Waals surface area contributed by atoms with Gasteiger partial charge >= 0.3 is 0 Å². The van der Waals surface area contributed by atoms with Crippen LogP contribution in [-0.2, 0) is 13.8 Å². The number of hydrogen-bond donors (Lipinski definition) is 0. The number of ether oxygens (including phenoxy) is 1. The van der Waals surface area contributed by atoms with Gasteiger partial charge in [-0.05, 0) is 13.8 Å². The Kier molecular flexibility index (Phi) is 7.89. The fourth-order valence-electron chi connectivity index (χ4n) is 0.479. The van der Waals surface area contributed by atoms with Gasteiger partial charge in [-0.1, -0.05) is 0 Å². The highest BCUT2D eigenvalue weighted by Crippen LogP contribution is 2.00. The van der Waals surface area contributed by atoms with Gasteiger partial charge in [0.1, 0.15) is 0 Å². The Morgan fingerprint density at radius 2 is 1.36 bits per heavy atom. The summed E-state index contributed by atoms with van der Waals surface area (Å²) in [6, 6.07) is 0. The average molecular weight is 198 g/mol. The van der Waals surface area contributed by atoms with Crippen molar-refractivity contribution in [3.8, 4) is 0 Å². The second-order valence-corrected chi connectivity index (χ2v) is 2.98. The van der Waals surface area contributed by atoms with Crippen LogP contribution in [0.3, 0.4) is 0 Å². The SMILES string of the molecule is CC(COCC(C)OP)OP. The summed E-state index contributed by atoms with van der Waals surface area (Å²) in [5.74, 6) is 0. The second-order valence-electron chi connectivity index (χ2n) is 2.43. The van der Waals surface area contributed by atoms with Gasteiger partial charge in [0.25, 0.3) is 0 Å². The molecule has 68 valence electrons. The molecule has 3 nitrogen and oxygen atoms in total. The molecule has 0 spiro atoms. The molecule has 5 heteroatoms. The van der Waals surface area contributed by atoms with Crippen molar-refractivity contribution in [2.24, 2.45) is 0 Å². The van der Waals surface area contributed by atoms with E-state index < -0.39 is 0 Å². The van der Waals surface area contributed by atoms with Gasteiger partial charge < -0.3 is 13.8 Å². The maximum absolute atomic E-state index is 5.26. The summed E-state index contributed by atoms with van der Waals surface area (Å²) in [4.78, 5) is 0. The lowest BCUT2D eigenvalue weighted by atomic mass is 10.4. The van der Waals surface area contributed by atoms with E-state index in [2.05, 4.69) is 18.9 Å². The van der Waals surface area contributed by atoms with Crippen molar-refractivity contribution >= 4 is 18.9 Å². The molecule has 11 heavy (non-hydrogen) atoms. The summed E-state index contributed by atoms with van der Waals surface area (Å²) in [6.07, 6.45) is 0.244. The summed E-state index contributed by atoms with van der Waals surface area (Å²) >= 11 is 0. The number of rotatable bonds is 6. The highest BCUT2D eigenvalue weighted by Gasteiger charge is 2.02. The highest BCUT2D eigenvalue weighted by atomic mass is 31.0. The molecule has 0 aliphatic rings. The third kappa shape index (κ3) is 7.11. The monoisotopic (exact) mass is 198 g/mol. The largest absolute Gasteiger partial charge is 0.376 e. The molecule has 0 aromatic carbocycles. The van der Waals surface area contributed by atoms with Gasteiger partial charge in [0.2, 0.25) is 0 Å². The van der Waals surface area contributed by atoms with Crippen molar-refractivity contribution in [3.63, 3.8) is 0 Å². The standard InChI is InChI=1S/C6H16O3P2/c1-5(8-10)3-7-4-6(2)9-11/h5-6H,3-4,10-11H2,1-2H3. The lowest BCUT2D eigenvalue weighted by Gasteiger charge is -2.12. The van der Waals surface area contributed by atoms with Crippen molar-refractivity contribution in [2.75, 3.05) is 13.2 Å². The Labute approximate surface area is 72.7 Å². The minimum atomic E-state index is 0.122. The van der Waals surface area contributed by atoms with Gasteiger partial charge in [-0.2, -0.15) is 0 Å². The van der Waals surface area contributed by atoms with Crippen molar-refractivity contribution in [3.05, 3.63) is 0 Å². The van der Waals surface area contributed by atoms with Gasteiger partial charge in [0.05, 0.1) is 25.4 Å². The van der Waals surface area contributed by atoms with E-state index in [9.17, 15) is 0 Å². The molecule has 0 aliphatic heterocycles. The van der Waals surface area contributed by atoms with E-state index in [0.29, 0.717) is 13.2 Å². The van der Waals surface area contributed by atoms with Gasteiger partial charge in [0, 0.05) is 18.9 Å². The van der Waals surface area contributed by atoms with Crippen LogP contribution < -0.4 is 0 Å². The summed E-state index contributed by atoms with van der Waals surface area (Å²) in [5.41, 5.74) is 0. The predicted molar refractivity (Wildman–Crippen MR) is 51.3 cm³/mol. The first kappa shape index (κ1) is 11.7. The van der Waals surface area contributed by atoms with Gasteiger partial charge in [-0.25, -0.2) is 0 Å². The Morgan fingerprint density at radius 3 is 1.64 bits per heavy atom. The van der Waals surface area contributed by atoms with E-state index in [0.717, 1.165) is 0 Å². The van der Waals surface area contributed by atoms with Crippen molar-refractivity contribution in [1.29, 1.82) is 0 Å². The molecule has 0 saturated heterocycles. The Balaban J connectivity index is 3.13. The van der Waals surface area contributed by atoms with Crippen LogP contribution in [0.1, 0.15) is 13.8 Å². The molecule has 4 unspecified atom stereocenters. The molecule has 0 fully saturated rings. The van der Waals surface area contributed by atoms with Gasteiger partial charge in [-0.15, -0.1) is 0 Å². The first-order valence-electron chi connectivity index (χ1n) is 3.49. The quantitative estimate of drug-likeness (QED) is 0.603. The summed E-state index contributed by atoms with van der Waals surface area (Å²) < 4.78 is 15.1. The van der Waals surface area contributed by atoms with E-state index in [1.54, 1.807) is 0 Å². The average Bonchev–Trinajstić information content (AvgIpc) is 2.04. The molecule has 0 aromatic heterocycles. The van der Waals surface area contributed by atoms with E-state index in [4.69, 9.17) is 13.8 Å². The topological polar surface area (TPSA) is 27.7 Å². The van der Waals surface area contributed by atoms with Crippen LogP contribution in [0.5, 0.6) is 0 Å². The van der Waals surface area contributed by atoms with E-state index in [-0.39, 0.29) is 12.2 Å². The Bertz CT molecular complexity index is 81.9. The minimum absolute atomic E-state index is 0.122. The molecule has 0 aliphatic carbocycles. The van der Waals surface area contributed by atoms with Crippen LogP contribution in [0.4, 0.5) is 0 Å². The molecule has 0 aromatic rings. The number of hydrogen-bond acceptors (Lipinski definition) is 3. The van der Waals surface area contributed by atoms with Crippen molar-refractivity contribution in [2.45, 2.75) is 26.1 Å². The van der Waals surface area contributed by atoms with Gasteiger partial charge in [0.15, 0.2) is 0 Å². The molecule has 4 atom stereocenters. The molecular formula is C6H16O3P2. The predicted octanol–water partition coefficient (Wildman–Crippen LogP) is 1.39. The molecule has 0 N–H and O–H groups in total. The molecule has 0 amide bonds. The Hall–Kier alpha value is 0.740. The Morgan fingerprint density at radius 1 is 1.00 bits per heavy atom. The smallest absolute Gasteiger partial charge is 0.0816 e. The fourth-order valence-corrected chi connectivity index (χ4v) is 0.636. The molecular weight excluding hydrogens is 182 g/mol. The first-order chi connectivity index (χ1) is 5.20. The third-order valence-electron chi connectivity index (χ3n) is 1.17. The van der Waals surface area contributed by atoms with Crippen molar-refractivity contribution in [1.82, 2.24) is 0 Å². The lowest BCUT2D eigenvalue weighted by Crippen LogP contribution is -2.17. The van der Waals surface area contributed by atoms with E-state index >= 15 is 0 Å². The van der Waals surface area contributed by atoms with Crippen LogP contribution >= 0.6 is 18.9 Å². The zero-order valence-electron chi connectivity index (χ0n) is 6.95. The van der Waals surface area contributed by atoms with Gasteiger partial charge in [-0.3, -0.25) is 0 Å². The van der Waals surface area contributed by atoms with Crippen LogP contribution in [-0.4, -0.2) is 25.4 Å². The van der Waals surface area contributed by atoms with Crippen molar-refractivity contribution < 1.29 is 13.8 Å². The van der Waals surface area contributed by atoms with Crippen LogP contribution in [0.2, 0.25) is 0 Å². The first-order valence-corrected chi connectivity index (χ1v) is 4.43. The van der Waals surface area contributed by atoms with Crippen LogP contribution in [0.25, 0.3) is 0 Å². The maximum atomic E-state index is 5.26. The zero-order chi connectivity index (χ0) is 8.69. The molecule has 0 bridgehead atoms. The summed E-state index contributed by atoms with van der Waals surface area (Å²) in [5, 5.41) is 0. The fraction of sp³-hybridized carbons (Fsp3) is 1.00. The normalized spacial score (nSPS) is 16.4. The lowest BCUT2D eigenvalue weighted by molar-refractivity contribution is 0.0291. The molecule has 0 heterocycles. The minimum Gasteiger partial charge on any atom is -0.376 e. The summed E-state index contributed by atoms with van der Waals surface area (Å²) in [7, 11) is 4.42. The molecule has 0 saturated carbocycles. The highest BCUT2D eigenvalue weighted by molar-refractivity contribution is 7.10. The third-order valence-corrected chi connectivity index (χ3v) is 2.10. The molecule has 0 rings (SSSR count). The van der Waals surface area contributed by atoms with Crippen LogP contribution in [0, 0.1) is 0 Å². The van der Waals surface area contributed by atoms with Crippen LogP contribution in [0.15, 0.2) is 0 Å². The second kappa shape index (κ2) is 7.39. The molecule has 0 radical (unpaired) electrons. The summed E-state index contributed by atoms with van der Waals surface area (Å²) in [6.45, 7) is 5.09. The van der Waals surface area contributed by atoms with E-state index in [1.165, 1.54) is 0 Å². The van der Waals surface area contributed by atoms with E-state index in [1.807, 2.05) is 13.8 Å².